The predicted octanol–water partition coefficient (Wildman–Crippen LogP) is 6.83. The Morgan fingerprint density at radius 1 is 1.11 bits per heavy atom. The van der Waals surface area contributed by atoms with Crippen molar-refractivity contribution in [2.75, 3.05) is 5.32 Å². The van der Waals surface area contributed by atoms with E-state index in [0.29, 0.717) is 16.5 Å². The fraction of sp³-hybridized carbons (Fsp3) is 0.593. The Labute approximate surface area is 227 Å². The van der Waals surface area contributed by atoms with Crippen molar-refractivity contribution in [2.24, 2.45) is 0 Å². The molecule has 0 radical (unpaired) electrons. The van der Waals surface area contributed by atoms with Gasteiger partial charge in [0.1, 0.15) is 10.9 Å². The van der Waals surface area contributed by atoms with Gasteiger partial charge in [0.15, 0.2) is 4.90 Å². The van der Waals surface area contributed by atoms with Crippen molar-refractivity contribution in [3.05, 3.63) is 29.4 Å². The first kappa shape index (κ1) is 29.3. The molecule has 3 rings (SSSR count). The Bertz CT molecular complexity index is 1070. The van der Waals surface area contributed by atoms with Crippen molar-refractivity contribution in [1.82, 2.24) is 10.3 Å². The van der Waals surface area contributed by atoms with Crippen LogP contribution in [0.1, 0.15) is 85.1 Å². The van der Waals surface area contributed by atoms with Crippen molar-refractivity contribution in [3.8, 4) is 10.4 Å². The zero-order chi connectivity index (χ0) is 27.3. The highest BCUT2D eigenvalue weighted by Crippen LogP contribution is 2.40. The van der Waals surface area contributed by atoms with Crippen LogP contribution in [0.25, 0.3) is 10.4 Å². The molecule has 10 heteroatoms. The Hall–Kier alpha value is -2.30. The van der Waals surface area contributed by atoms with Crippen LogP contribution >= 0.6 is 11.3 Å². The van der Waals surface area contributed by atoms with E-state index < -0.39 is 22.9 Å². The second-order valence-corrected chi connectivity index (χ2v) is 13.9. The fourth-order valence-corrected chi connectivity index (χ4v) is 6.48. The Morgan fingerprint density at radius 3 is 2.38 bits per heavy atom. The van der Waals surface area contributed by atoms with Crippen LogP contribution in [-0.4, -0.2) is 44.7 Å². The highest BCUT2D eigenvalue weighted by atomic mass is 32.2. The van der Waals surface area contributed by atoms with Crippen molar-refractivity contribution in [1.29, 1.82) is 0 Å². The summed E-state index contributed by atoms with van der Waals surface area (Å²) in [4.78, 5) is 30.5. The van der Waals surface area contributed by atoms with Crippen LogP contribution in [0.4, 0.5) is 15.3 Å². The minimum Gasteiger partial charge on any atom is -0.611 e. The van der Waals surface area contributed by atoms with E-state index in [1.165, 1.54) is 0 Å². The molecule has 1 aliphatic carbocycles. The van der Waals surface area contributed by atoms with Crippen molar-refractivity contribution < 1.29 is 23.6 Å². The van der Waals surface area contributed by atoms with Crippen LogP contribution in [0.3, 0.4) is 0 Å². The summed E-state index contributed by atoms with van der Waals surface area (Å²) in [5.41, 5.74) is 0.782. The largest absolute Gasteiger partial charge is 0.611 e. The molecule has 2 amide bonds. The smallest absolute Gasteiger partial charge is 0.412 e. The maximum absolute atomic E-state index is 13.2. The average Bonchev–Trinajstić information content (AvgIpc) is 3.27. The molecule has 1 unspecified atom stereocenters. The Kier molecular flexibility index (Phi) is 9.88. The molecule has 1 atom stereocenters. The number of hydrogen-bond donors (Lipinski definition) is 2. The fourth-order valence-electron chi connectivity index (χ4n) is 4.15. The summed E-state index contributed by atoms with van der Waals surface area (Å²) < 4.78 is 23.8. The van der Waals surface area contributed by atoms with Gasteiger partial charge >= 0.3 is 12.2 Å². The predicted molar refractivity (Wildman–Crippen MR) is 149 cm³/mol. The molecule has 0 aliphatic heterocycles. The van der Waals surface area contributed by atoms with E-state index in [9.17, 15) is 14.1 Å². The number of nitrogens with one attached hydrogen (secondary N) is 2. The van der Waals surface area contributed by atoms with Gasteiger partial charge in [0.25, 0.3) is 0 Å². The first-order valence-electron chi connectivity index (χ1n) is 12.8. The van der Waals surface area contributed by atoms with Crippen LogP contribution in [0.5, 0.6) is 0 Å². The number of rotatable bonds is 7. The molecule has 0 spiro atoms. The third-order valence-electron chi connectivity index (χ3n) is 5.80. The monoisotopic (exact) mass is 549 g/mol. The minimum atomic E-state index is -1.27. The Balaban J connectivity index is 1.73. The quantitative estimate of drug-likeness (QED) is 0.366. The molecule has 0 saturated heterocycles. The Morgan fingerprint density at radius 2 is 1.78 bits per heavy atom. The normalized spacial score (nSPS) is 19.0. The topological polar surface area (TPSA) is 113 Å². The summed E-state index contributed by atoms with van der Waals surface area (Å²) >= 11 is 0.350. The van der Waals surface area contributed by atoms with Gasteiger partial charge < -0.3 is 19.3 Å². The summed E-state index contributed by atoms with van der Waals surface area (Å²) in [6.45, 7) is 12.9. The lowest BCUT2D eigenvalue weighted by molar-refractivity contribution is 0.0635. The zero-order valence-electron chi connectivity index (χ0n) is 22.8. The lowest BCUT2D eigenvalue weighted by Crippen LogP contribution is -2.38. The molecule has 1 saturated carbocycles. The molecule has 2 N–H and O–H groups in total. The average molecular weight is 550 g/mol. The molecule has 1 heterocycles. The van der Waals surface area contributed by atoms with Crippen LogP contribution in [0.2, 0.25) is 0 Å². The highest BCUT2D eigenvalue weighted by Gasteiger charge is 2.28. The summed E-state index contributed by atoms with van der Waals surface area (Å²) in [5, 5.41) is 6.67. The summed E-state index contributed by atoms with van der Waals surface area (Å²) in [5.74, 6) is 0.324. The maximum Gasteiger partial charge on any atom is 0.412 e. The number of aromatic nitrogens is 1. The van der Waals surface area contributed by atoms with Crippen LogP contribution in [-0.2, 0) is 20.6 Å². The lowest BCUT2D eigenvalue weighted by Gasteiger charge is -2.28. The minimum absolute atomic E-state index is 0.0897. The number of benzene rings is 1. The first-order chi connectivity index (χ1) is 17.3. The van der Waals surface area contributed by atoms with E-state index in [-0.39, 0.29) is 23.5 Å². The third kappa shape index (κ3) is 8.61. The van der Waals surface area contributed by atoms with Crippen molar-refractivity contribution in [2.45, 2.75) is 108 Å². The third-order valence-corrected chi connectivity index (χ3v) is 8.62. The number of nitrogens with zero attached hydrogens (tertiary/aromatic N) is 1. The summed E-state index contributed by atoms with van der Waals surface area (Å²) in [6.07, 6.45) is 4.42. The van der Waals surface area contributed by atoms with E-state index in [0.717, 1.165) is 41.1 Å². The number of anilines is 1. The van der Waals surface area contributed by atoms with Gasteiger partial charge in [-0.1, -0.05) is 0 Å². The number of hydrogen-bond acceptors (Lipinski definition) is 7. The lowest BCUT2D eigenvalue weighted by atomic mass is 9.86. The van der Waals surface area contributed by atoms with E-state index >= 15 is 0 Å². The van der Waals surface area contributed by atoms with Gasteiger partial charge in [0.2, 0.25) is 0 Å². The van der Waals surface area contributed by atoms with Gasteiger partial charge in [-0.25, -0.2) is 14.6 Å². The molecular weight excluding hydrogens is 510 g/mol. The number of ether oxygens (including phenoxy) is 2. The number of amides is 2. The van der Waals surface area contributed by atoms with Crippen LogP contribution in [0.15, 0.2) is 29.3 Å². The number of carbonyl (C=O) groups is 2. The SMILES string of the molecule is CC(C)OC(=O)N[C@H]1CC[C@H](c2ncc(-c3ccc(NC(=O)OC(C)(C)C)cc3[S+]([O-])C(C)C)s2)CC1. The molecule has 0 bridgehead atoms. The van der Waals surface area contributed by atoms with E-state index in [1.807, 2.05) is 40.0 Å². The molecule has 2 aromatic rings. The molecule has 204 valence electrons. The van der Waals surface area contributed by atoms with Crippen molar-refractivity contribution in [3.63, 3.8) is 0 Å². The molecule has 1 aromatic heterocycles. The second kappa shape index (κ2) is 12.5. The maximum atomic E-state index is 13.2. The second-order valence-electron chi connectivity index (χ2n) is 10.9. The van der Waals surface area contributed by atoms with E-state index in [1.54, 1.807) is 44.2 Å². The molecular formula is C27H39N3O5S2. The van der Waals surface area contributed by atoms with Crippen LogP contribution < -0.4 is 10.6 Å². The number of alkyl carbamates (subject to hydrolysis) is 1. The number of carbonyl (C=O) groups excluding carboxylic acids is 2. The van der Waals surface area contributed by atoms with Gasteiger partial charge in [-0.05, 0) is 97.5 Å². The summed E-state index contributed by atoms with van der Waals surface area (Å²) in [7, 11) is 0. The first-order valence-corrected chi connectivity index (χ1v) is 14.8. The molecule has 37 heavy (non-hydrogen) atoms. The number of thiazole rings is 1. The van der Waals surface area contributed by atoms with Crippen LogP contribution in [0, 0.1) is 0 Å². The van der Waals surface area contributed by atoms with Gasteiger partial charge in [-0.2, -0.15) is 0 Å². The van der Waals surface area contributed by atoms with Gasteiger partial charge in [0.05, 0.1) is 16.0 Å². The molecule has 1 aromatic carbocycles. The van der Waals surface area contributed by atoms with Gasteiger partial charge in [0, 0.05) is 35.5 Å². The van der Waals surface area contributed by atoms with Gasteiger partial charge in [-0.15, -0.1) is 11.3 Å². The molecule has 8 nitrogen and oxygen atoms in total. The highest BCUT2D eigenvalue weighted by molar-refractivity contribution is 7.92. The summed E-state index contributed by atoms with van der Waals surface area (Å²) in [6, 6.07) is 5.57. The molecule has 1 fully saturated rings. The van der Waals surface area contributed by atoms with E-state index in [2.05, 4.69) is 10.6 Å². The molecule has 1 aliphatic rings. The standard InChI is InChI=1S/C27H39N3O5S2/c1-16(2)34-25(31)29-19-10-8-18(9-11-19)24-28-15-22(36-24)21-13-12-20(14-23(21)37(33)17(3)4)30-26(32)35-27(5,6)7/h12-19H,8-11H2,1-7H3,(H,29,31)(H,30,32)/t18-,19-,37?. The van der Waals surface area contributed by atoms with Crippen molar-refractivity contribution >= 4 is 40.4 Å². The van der Waals surface area contributed by atoms with E-state index in [4.69, 9.17) is 14.5 Å². The van der Waals surface area contributed by atoms with Gasteiger partial charge in [-0.3, -0.25) is 5.32 Å². The zero-order valence-corrected chi connectivity index (χ0v) is 24.4.